The largest absolute Gasteiger partial charge is 0.478 e. The van der Waals surface area contributed by atoms with Gasteiger partial charge in [0.2, 0.25) is 0 Å². The van der Waals surface area contributed by atoms with E-state index in [2.05, 4.69) is 15.3 Å². The number of aryl methyl sites for hydroxylation is 1. The van der Waals surface area contributed by atoms with Crippen molar-refractivity contribution in [1.82, 2.24) is 20.0 Å². The molecule has 7 nitrogen and oxygen atoms in total. The van der Waals surface area contributed by atoms with Gasteiger partial charge in [0.15, 0.2) is 5.78 Å². The Balaban J connectivity index is 1.68. The van der Waals surface area contributed by atoms with E-state index in [1.54, 1.807) is 36.3 Å². The van der Waals surface area contributed by atoms with E-state index in [-0.39, 0.29) is 16.7 Å². The third-order valence-electron chi connectivity index (χ3n) is 4.85. The lowest BCUT2D eigenvalue weighted by Crippen LogP contribution is -2.04. The molecule has 2 aromatic heterocycles. The summed E-state index contributed by atoms with van der Waals surface area (Å²) in [5.74, 6) is -4.18. The summed E-state index contributed by atoms with van der Waals surface area (Å²) in [6.07, 6.45) is 8.42. The van der Waals surface area contributed by atoms with Crippen molar-refractivity contribution in [3.05, 3.63) is 89.5 Å². The van der Waals surface area contributed by atoms with E-state index < -0.39 is 29.0 Å². The van der Waals surface area contributed by atoms with Gasteiger partial charge in [0.1, 0.15) is 11.6 Å². The molecule has 160 valence electrons. The van der Waals surface area contributed by atoms with Gasteiger partial charge in [-0.25, -0.2) is 13.6 Å². The highest BCUT2D eigenvalue weighted by molar-refractivity contribution is 6.08. The number of carbonyl (C=O) groups excluding carboxylic acids is 1. The lowest BCUT2D eigenvalue weighted by atomic mass is 9.99. The molecule has 0 aliphatic rings. The Hall–Kier alpha value is -4.40. The summed E-state index contributed by atoms with van der Waals surface area (Å²) in [6, 6.07) is 6.67. The molecule has 0 aliphatic carbocycles. The second-order valence-electron chi connectivity index (χ2n) is 7.01. The summed E-state index contributed by atoms with van der Waals surface area (Å²) >= 11 is 0. The normalized spacial score (nSPS) is 11.2. The van der Waals surface area contributed by atoms with Crippen LogP contribution in [-0.4, -0.2) is 36.8 Å². The summed E-state index contributed by atoms with van der Waals surface area (Å²) in [6.45, 7) is 0. The van der Waals surface area contributed by atoms with Crippen LogP contribution in [0.25, 0.3) is 28.3 Å². The molecule has 0 radical (unpaired) electrons. The molecule has 0 bridgehead atoms. The minimum atomic E-state index is -1.20. The van der Waals surface area contributed by atoms with Crippen molar-refractivity contribution in [2.75, 3.05) is 0 Å². The fourth-order valence-corrected chi connectivity index (χ4v) is 3.28. The number of carbonyl (C=O) groups is 2. The van der Waals surface area contributed by atoms with Crippen molar-refractivity contribution in [1.29, 1.82) is 0 Å². The number of hydrogen-bond acceptors (Lipinski definition) is 4. The molecule has 0 unspecified atom stereocenters. The first kappa shape index (κ1) is 20.9. The molecule has 4 aromatic rings. The van der Waals surface area contributed by atoms with Crippen LogP contribution in [0.3, 0.4) is 0 Å². The number of nitrogens with one attached hydrogen (secondary N) is 1. The lowest BCUT2D eigenvalue weighted by Gasteiger charge is -2.06. The van der Waals surface area contributed by atoms with Crippen LogP contribution in [0.5, 0.6) is 0 Å². The molecule has 2 heterocycles. The first-order valence-electron chi connectivity index (χ1n) is 9.40. The predicted molar refractivity (Wildman–Crippen MR) is 113 cm³/mol. The highest BCUT2D eigenvalue weighted by Crippen LogP contribution is 2.26. The van der Waals surface area contributed by atoms with Crippen molar-refractivity contribution in [2.24, 2.45) is 7.05 Å². The number of hydrogen-bond donors (Lipinski definition) is 2. The number of nitrogens with zero attached hydrogens (tertiary/aromatic N) is 3. The SMILES string of the molecule is Cn1cc(-c2ccc(C(=O)O)c(/C=C\C(=O)c3c(F)cc(-c4cn[nH]c4)cc3F)c2)cn1. The Morgan fingerprint density at radius 3 is 2.38 bits per heavy atom. The number of aromatic nitrogens is 4. The third kappa shape index (κ3) is 4.08. The van der Waals surface area contributed by atoms with Gasteiger partial charge in [0, 0.05) is 30.6 Å². The molecule has 9 heteroatoms. The number of rotatable bonds is 6. The number of benzene rings is 2. The average molecular weight is 434 g/mol. The van der Waals surface area contributed by atoms with Gasteiger partial charge in [0.25, 0.3) is 0 Å². The maximum atomic E-state index is 14.5. The Labute approximate surface area is 180 Å². The lowest BCUT2D eigenvalue weighted by molar-refractivity contribution is 0.0696. The zero-order valence-electron chi connectivity index (χ0n) is 16.7. The van der Waals surface area contributed by atoms with Gasteiger partial charge in [0.05, 0.1) is 23.5 Å². The summed E-state index contributed by atoms with van der Waals surface area (Å²) in [5.41, 5.74) is 1.55. The maximum absolute atomic E-state index is 14.5. The van der Waals surface area contributed by atoms with Gasteiger partial charge in [-0.15, -0.1) is 0 Å². The van der Waals surface area contributed by atoms with Crippen LogP contribution in [0.1, 0.15) is 26.3 Å². The number of carboxylic acid groups (broad SMARTS) is 1. The molecular weight excluding hydrogens is 418 g/mol. The molecule has 0 amide bonds. The summed E-state index contributed by atoms with van der Waals surface area (Å²) < 4.78 is 30.7. The van der Waals surface area contributed by atoms with E-state index >= 15 is 0 Å². The molecule has 0 atom stereocenters. The Morgan fingerprint density at radius 2 is 1.78 bits per heavy atom. The fraction of sp³-hybridized carbons (Fsp3) is 0.0435. The molecule has 4 rings (SSSR count). The predicted octanol–water partition coefficient (Wildman–Crippen LogP) is 4.35. The molecule has 2 N–H and O–H groups in total. The molecule has 32 heavy (non-hydrogen) atoms. The van der Waals surface area contributed by atoms with Gasteiger partial charge >= 0.3 is 5.97 Å². The number of ketones is 1. The van der Waals surface area contributed by atoms with E-state index in [1.165, 1.54) is 24.5 Å². The number of halogens is 2. The van der Waals surface area contributed by atoms with E-state index in [4.69, 9.17) is 0 Å². The van der Waals surface area contributed by atoms with Crippen LogP contribution in [0.4, 0.5) is 8.78 Å². The molecular formula is C23H16F2N4O3. The minimum absolute atomic E-state index is 0.0575. The van der Waals surface area contributed by atoms with E-state index in [1.807, 2.05) is 0 Å². The first-order valence-corrected chi connectivity index (χ1v) is 9.40. The van der Waals surface area contributed by atoms with Crippen LogP contribution in [0, 0.1) is 11.6 Å². The van der Waals surface area contributed by atoms with Gasteiger partial charge < -0.3 is 5.11 Å². The van der Waals surface area contributed by atoms with E-state index in [9.17, 15) is 23.5 Å². The summed E-state index contributed by atoms with van der Waals surface area (Å²) in [5, 5.41) is 19.8. The fourth-order valence-electron chi connectivity index (χ4n) is 3.28. The molecule has 2 aromatic carbocycles. The monoisotopic (exact) mass is 434 g/mol. The number of H-pyrrole nitrogens is 1. The molecule has 0 aliphatic heterocycles. The molecule has 0 saturated heterocycles. The van der Waals surface area contributed by atoms with Gasteiger partial charge in [-0.1, -0.05) is 12.1 Å². The van der Waals surface area contributed by atoms with Crippen LogP contribution < -0.4 is 0 Å². The second-order valence-corrected chi connectivity index (χ2v) is 7.01. The van der Waals surface area contributed by atoms with Gasteiger partial charge in [-0.2, -0.15) is 10.2 Å². The second kappa shape index (κ2) is 8.38. The van der Waals surface area contributed by atoms with Crippen LogP contribution >= 0.6 is 0 Å². The average Bonchev–Trinajstić information content (AvgIpc) is 3.43. The van der Waals surface area contributed by atoms with Crippen molar-refractivity contribution in [2.45, 2.75) is 0 Å². The smallest absolute Gasteiger partial charge is 0.336 e. The number of carboxylic acids is 1. The number of allylic oxidation sites excluding steroid dienone is 1. The van der Waals surface area contributed by atoms with Gasteiger partial charge in [-0.05, 0) is 47.0 Å². The van der Waals surface area contributed by atoms with Crippen LogP contribution in [0.2, 0.25) is 0 Å². The van der Waals surface area contributed by atoms with Crippen LogP contribution in [-0.2, 0) is 7.05 Å². The van der Waals surface area contributed by atoms with Crippen LogP contribution in [0.15, 0.2) is 61.2 Å². The molecule has 0 saturated carbocycles. The standard InChI is InChI=1S/C23H16F2N4O3/c1-29-12-17(11-28-29)13-2-4-18(23(31)32)14(6-13)3-5-21(30)22-19(24)7-15(8-20(22)25)16-9-26-27-10-16/h2-12H,1H3,(H,26,27)(H,31,32)/b5-3-. The van der Waals surface area contributed by atoms with E-state index in [0.717, 1.165) is 23.8 Å². The van der Waals surface area contributed by atoms with Gasteiger partial charge in [-0.3, -0.25) is 14.6 Å². The minimum Gasteiger partial charge on any atom is -0.478 e. The maximum Gasteiger partial charge on any atom is 0.336 e. The highest BCUT2D eigenvalue weighted by atomic mass is 19.1. The Morgan fingerprint density at radius 1 is 1.03 bits per heavy atom. The van der Waals surface area contributed by atoms with E-state index in [0.29, 0.717) is 11.1 Å². The quantitative estimate of drug-likeness (QED) is 0.347. The zero-order valence-corrected chi connectivity index (χ0v) is 16.7. The highest BCUT2D eigenvalue weighted by Gasteiger charge is 2.18. The first-order chi connectivity index (χ1) is 15.3. The zero-order chi connectivity index (χ0) is 22.8. The van der Waals surface area contributed by atoms with Crippen molar-refractivity contribution >= 4 is 17.8 Å². The topological polar surface area (TPSA) is 101 Å². The molecule has 0 spiro atoms. The van der Waals surface area contributed by atoms with Crippen molar-refractivity contribution in [3.8, 4) is 22.3 Å². The number of aromatic amines is 1. The summed E-state index contributed by atoms with van der Waals surface area (Å²) in [4.78, 5) is 24.1. The Bertz CT molecular complexity index is 1330. The van der Waals surface area contributed by atoms with Crippen molar-refractivity contribution in [3.63, 3.8) is 0 Å². The molecule has 0 fully saturated rings. The third-order valence-corrected chi connectivity index (χ3v) is 4.85. The summed E-state index contributed by atoms with van der Waals surface area (Å²) in [7, 11) is 1.75. The van der Waals surface area contributed by atoms with Crippen molar-refractivity contribution < 1.29 is 23.5 Å². The number of aromatic carboxylic acids is 1. The Kier molecular flexibility index (Phi) is 5.46.